The van der Waals surface area contributed by atoms with Gasteiger partial charge in [-0.3, -0.25) is 4.79 Å². The Morgan fingerprint density at radius 1 is 0.660 bits per heavy atom. The van der Waals surface area contributed by atoms with Gasteiger partial charge >= 0.3 is 0 Å². The van der Waals surface area contributed by atoms with Crippen LogP contribution in [0.2, 0.25) is 0 Å². The van der Waals surface area contributed by atoms with Crippen molar-refractivity contribution in [2.75, 3.05) is 13.2 Å². The zero-order chi connectivity index (χ0) is 38.8. The molecule has 0 aromatic carbocycles. The molecule has 1 saturated heterocycles. The minimum absolute atomic E-state index is 0.215. The summed E-state index contributed by atoms with van der Waals surface area (Å²) in [5.74, 6) is -0.219. The van der Waals surface area contributed by atoms with Gasteiger partial charge in [0, 0.05) is 6.42 Å². The molecular formula is C44H77NO8. The zero-order valence-corrected chi connectivity index (χ0v) is 33.2. The third-order valence-electron chi connectivity index (χ3n) is 9.58. The zero-order valence-electron chi connectivity index (χ0n) is 33.2. The lowest BCUT2D eigenvalue weighted by Crippen LogP contribution is -2.60. The number of carbonyl (C=O) groups is 1. The summed E-state index contributed by atoms with van der Waals surface area (Å²) in [7, 11) is 0. The highest BCUT2D eigenvalue weighted by atomic mass is 16.7. The first-order valence-corrected chi connectivity index (χ1v) is 21.0. The minimum atomic E-state index is -1.58. The van der Waals surface area contributed by atoms with E-state index >= 15 is 0 Å². The van der Waals surface area contributed by atoms with Crippen LogP contribution in [-0.4, -0.2) is 87.5 Å². The van der Waals surface area contributed by atoms with E-state index in [1.807, 2.05) is 6.08 Å². The first-order chi connectivity index (χ1) is 25.8. The maximum Gasteiger partial charge on any atom is 0.220 e. The first-order valence-electron chi connectivity index (χ1n) is 21.0. The van der Waals surface area contributed by atoms with Crippen molar-refractivity contribution in [2.24, 2.45) is 0 Å². The molecule has 1 rings (SSSR count). The number of ether oxygens (including phenoxy) is 2. The quantitative estimate of drug-likeness (QED) is 0.0292. The molecule has 7 atom stereocenters. The Labute approximate surface area is 322 Å². The van der Waals surface area contributed by atoms with Gasteiger partial charge in [0.2, 0.25) is 5.91 Å². The number of amides is 1. The highest BCUT2D eigenvalue weighted by Crippen LogP contribution is 2.22. The summed E-state index contributed by atoms with van der Waals surface area (Å²) < 4.78 is 11.2. The molecule has 0 aromatic heterocycles. The lowest BCUT2D eigenvalue weighted by molar-refractivity contribution is -0.302. The van der Waals surface area contributed by atoms with Gasteiger partial charge in [0.25, 0.3) is 0 Å². The van der Waals surface area contributed by atoms with Crippen molar-refractivity contribution >= 4 is 5.91 Å². The number of carbonyl (C=O) groups excluding carboxylic acids is 1. The van der Waals surface area contributed by atoms with Crippen LogP contribution in [0.15, 0.2) is 60.8 Å². The van der Waals surface area contributed by atoms with Crippen molar-refractivity contribution in [1.82, 2.24) is 5.32 Å². The molecule has 0 saturated carbocycles. The molecule has 7 unspecified atom stereocenters. The number of hydrogen-bond donors (Lipinski definition) is 6. The van der Waals surface area contributed by atoms with Crippen LogP contribution < -0.4 is 5.32 Å². The summed E-state index contributed by atoms with van der Waals surface area (Å²) in [6.45, 7) is 3.60. The molecule has 0 bridgehead atoms. The number of unbranched alkanes of at least 4 members (excludes halogenated alkanes) is 15. The molecule has 0 spiro atoms. The van der Waals surface area contributed by atoms with Gasteiger partial charge in [-0.25, -0.2) is 0 Å². The second kappa shape index (κ2) is 34.4. The van der Waals surface area contributed by atoms with E-state index in [9.17, 15) is 30.3 Å². The van der Waals surface area contributed by atoms with E-state index in [4.69, 9.17) is 9.47 Å². The summed E-state index contributed by atoms with van der Waals surface area (Å²) in [6.07, 6.45) is 37.0. The van der Waals surface area contributed by atoms with Crippen molar-refractivity contribution in [3.05, 3.63) is 60.8 Å². The van der Waals surface area contributed by atoms with Gasteiger partial charge in [-0.05, 0) is 64.2 Å². The predicted molar refractivity (Wildman–Crippen MR) is 216 cm³/mol. The molecule has 1 aliphatic rings. The van der Waals surface area contributed by atoms with Crippen LogP contribution in [0.3, 0.4) is 0 Å². The van der Waals surface area contributed by atoms with Crippen molar-refractivity contribution in [3.8, 4) is 0 Å². The van der Waals surface area contributed by atoms with E-state index in [1.54, 1.807) is 6.08 Å². The first kappa shape index (κ1) is 48.9. The Kier molecular flexibility index (Phi) is 31.7. The molecule has 1 heterocycles. The Balaban J connectivity index is 2.46. The highest BCUT2D eigenvalue weighted by molar-refractivity contribution is 5.76. The average molecular weight is 748 g/mol. The monoisotopic (exact) mass is 748 g/mol. The van der Waals surface area contributed by atoms with Crippen LogP contribution in [0.25, 0.3) is 0 Å². The van der Waals surface area contributed by atoms with E-state index in [2.05, 4.69) is 67.8 Å². The minimum Gasteiger partial charge on any atom is -0.394 e. The van der Waals surface area contributed by atoms with E-state index in [0.717, 1.165) is 57.8 Å². The molecule has 1 aliphatic heterocycles. The molecular weight excluding hydrogens is 670 g/mol. The number of allylic oxidation sites excluding steroid dienone is 9. The lowest BCUT2D eigenvalue weighted by atomic mass is 9.99. The highest BCUT2D eigenvalue weighted by Gasteiger charge is 2.44. The van der Waals surface area contributed by atoms with Crippen molar-refractivity contribution in [2.45, 2.75) is 198 Å². The summed E-state index contributed by atoms with van der Waals surface area (Å²) in [5.41, 5.74) is 0. The molecule has 1 amide bonds. The van der Waals surface area contributed by atoms with Crippen molar-refractivity contribution in [1.29, 1.82) is 0 Å². The van der Waals surface area contributed by atoms with Gasteiger partial charge in [0.1, 0.15) is 24.4 Å². The van der Waals surface area contributed by atoms with Crippen LogP contribution in [0.4, 0.5) is 0 Å². The lowest BCUT2D eigenvalue weighted by Gasteiger charge is -2.40. The Hall–Kier alpha value is -2.11. The van der Waals surface area contributed by atoms with Gasteiger partial charge in [0.15, 0.2) is 6.29 Å². The number of nitrogens with one attached hydrogen (secondary N) is 1. The predicted octanol–water partition coefficient (Wildman–Crippen LogP) is 8.05. The third kappa shape index (κ3) is 25.6. The maximum atomic E-state index is 12.9. The fourth-order valence-electron chi connectivity index (χ4n) is 6.18. The topological polar surface area (TPSA) is 149 Å². The normalized spacial score (nSPS) is 22.3. The van der Waals surface area contributed by atoms with E-state index < -0.39 is 49.5 Å². The van der Waals surface area contributed by atoms with Crippen LogP contribution >= 0.6 is 0 Å². The van der Waals surface area contributed by atoms with Crippen LogP contribution in [0.1, 0.15) is 155 Å². The second-order valence-corrected chi connectivity index (χ2v) is 14.4. The van der Waals surface area contributed by atoms with E-state index in [-0.39, 0.29) is 12.5 Å². The van der Waals surface area contributed by atoms with Crippen LogP contribution in [0.5, 0.6) is 0 Å². The standard InChI is InChI=1S/C44H77NO8/c1-3-5-7-9-11-13-15-17-18-19-20-22-23-25-27-29-31-33-38(47)37(36-52-44-43(51)42(50)41(49)39(35-46)53-44)45-40(48)34-32-30-28-26-24-21-16-14-12-10-8-6-4-2/h6,8,12,14,21,23-25,31,33,37-39,41-44,46-47,49-51H,3-5,7,9-11,13,15-20,22,26-30,32,34-36H2,1-2H3,(H,45,48)/b8-6-,14-12-,24-21-,25-23+,33-31+. The van der Waals surface area contributed by atoms with E-state index in [0.29, 0.717) is 12.8 Å². The Morgan fingerprint density at radius 2 is 1.19 bits per heavy atom. The van der Waals surface area contributed by atoms with Gasteiger partial charge in [0.05, 0.1) is 25.4 Å². The molecule has 9 nitrogen and oxygen atoms in total. The Morgan fingerprint density at radius 3 is 1.81 bits per heavy atom. The summed E-state index contributed by atoms with van der Waals surface area (Å²) in [5, 5.41) is 54.0. The number of aliphatic hydroxyl groups excluding tert-OH is 5. The van der Waals surface area contributed by atoms with Gasteiger partial charge in [-0.2, -0.15) is 0 Å². The van der Waals surface area contributed by atoms with Crippen molar-refractivity contribution < 1.29 is 39.8 Å². The smallest absolute Gasteiger partial charge is 0.220 e. The van der Waals surface area contributed by atoms with Crippen molar-refractivity contribution in [3.63, 3.8) is 0 Å². The average Bonchev–Trinajstić information content (AvgIpc) is 3.16. The van der Waals surface area contributed by atoms with Gasteiger partial charge < -0.3 is 40.3 Å². The van der Waals surface area contributed by atoms with Crippen LogP contribution in [-0.2, 0) is 14.3 Å². The summed E-state index contributed by atoms with van der Waals surface area (Å²) >= 11 is 0. The SMILES string of the molecule is CC/C=C\C/C=C\C/C=C\CCCCCC(=O)NC(COC1OC(CO)C(O)C(O)C1O)C(O)/C=C/CC/C=C/CCCCCCCCCCCCC. The number of rotatable bonds is 33. The van der Waals surface area contributed by atoms with E-state index in [1.165, 1.54) is 70.6 Å². The molecule has 306 valence electrons. The van der Waals surface area contributed by atoms with Crippen LogP contribution in [0, 0.1) is 0 Å². The molecule has 0 aromatic rings. The fraction of sp³-hybridized carbons (Fsp3) is 0.750. The largest absolute Gasteiger partial charge is 0.394 e. The Bertz CT molecular complexity index is 1010. The molecule has 1 fully saturated rings. The third-order valence-corrected chi connectivity index (χ3v) is 9.58. The number of aliphatic hydroxyl groups is 5. The summed E-state index contributed by atoms with van der Waals surface area (Å²) in [6, 6.07) is -0.837. The molecule has 6 N–H and O–H groups in total. The second-order valence-electron chi connectivity index (χ2n) is 14.4. The fourth-order valence-corrected chi connectivity index (χ4v) is 6.18. The molecule has 0 radical (unpaired) electrons. The maximum absolute atomic E-state index is 12.9. The summed E-state index contributed by atoms with van der Waals surface area (Å²) in [4.78, 5) is 12.9. The van der Waals surface area contributed by atoms with Gasteiger partial charge in [-0.1, -0.05) is 145 Å². The molecule has 53 heavy (non-hydrogen) atoms. The molecule has 0 aliphatic carbocycles. The van der Waals surface area contributed by atoms with Gasteiger partial charge in [-0.15, -0.1) is 0 Å². The molecule has 9 heteroatoms. The number of hydrogen-bond acceptors (Lipinski definition) is 8.